The number of imidazole rings is 1. The number of nitrogens with one attached hydrogen (secondary N) is 5. The third-order valence-corrected chi connectivity index (χ3v) is 5.85. The first kappa shape index (κ1) is 34.6. The van der Waals surface area contributed by atoms with E-state index >= 15 is 0 Å². The number of primary amides is 1. The van der Waals surface area contributed by atoms with Crippen molar-refractivity contribution >= 4 is 54.1 Å². The molecule has 0 unspecified atom stereocenters. The lowest BCUT2D eigenvalue weighted by atomic mass is 10.1. The van der Waals surface area contributed by atoms with E-state index in [0.717, 1.165) is 0 Å². The Balaban J connectivity index is 2.89. The van der Waals surface area contributed by atoms with Crippen LogP contribution >= 0.6 is 12.6 Å². The van der Waals surface area contributed by atoms with Gasteiger partial charge in [-0.15, -0.1) is 0 Å². The molecule has 0 aromatic carbocycles. The number of aromatic nitrogens is 2. The van der Waals surface area contributed by atoms with Crippen LogP contribution in [0.15, 0.2) is 17.5 Å². The average molecular weight is 600 g/mol. The number of thiol groups is 1. The van der Waals surface area contributed by atoms with E-state index in [2.05, 4.69) is 48.9 Å². The second-order valence-electron chi connectivity index (χ2n) is 8.82. The molecule has 18 nitrogen and oxygen atoms in total. The maximum Gasteiger partial charge on any atom is 0.326 e. The highest BCUT2D eigenvalue weighted by Crippen LogP contribution is 2.04. The normalized spacial score (nSPS) is 13.5. The van der Waals surface area contributed by atoms with Gasteiger partial charge in [0.05, 0.1) is 18.9 Å². The number of rotatable bonds is 19. The Bertz CT molecular complexity index is 1080. The molecule has 4 atom stereocenters. The van der Waals surface area contributed by atoms with Crippen LogP contribution in [0.1, 0.15) is 31.4 Å². The predicted molar refractivity (Wildman–Crippen MR) is 149 cm³/mol. The predicted octanol–water partition coefficient (Wildman–Crippen LogP) is -4.82. The van der Waals surface area contributed by atoms with Crippen molar-refractivity contribution in [2.75, 3.05) is 18.8 Å². The average Bonchev–Trinajstić information content (AvgIpc) is 3.42. The first-order valence-corrected chi connectivity index (χ1v) is 13.0. The minimum absolute atomic E-state index is 0.00454. The molecule has 19 heteroatoms. The van der Waals surface area contributed by atoms with E-state index in [-0.39, 0.29) is 50.4 Å². The fourth-order valence-corrected chi connectivity index (χ4v) is 3.48. The maximum absolute atomic E-state index is 12.9. The van der Waals surface area contributed by atoms with Crippen molar-refractivity contribution in [2.24, 2.45) is 27.9 Å². The van der Waals surface area contributed by atoms with Crippen LogP contribution in [0.5, 0.6) is 0 Å². The molecule has 1 rings (SSSR count). The van der Waals surface area contributed by atoms with Gasteiger partial charge in [-0.3, -0.25) is 29.0 Å². The van der Waals surface area contributed by atoms with Gasteiger partial charge < -0.3 is 54.3 Å². The number of amides is 5. The number of aliphatic carboxylic acids is 1. The smallest absolute Gasteiger partial charge is 0.326 e. The summed E-state index contributed by atoms with van der Waals surface area (Å²) in [4.78, 5) is 83.7. The monoisotopic (exact) mass is 599 g/mol. The van der Waals surface area contributed by atoms with Crippen molar-refractivity contribution in [3.63, 3.8) is 0 Å². The third-order valence-electron chi connectivity index (χ3n) is 5.46. The molecule has 1 aromatic heterocycles. The molecule has 0 aliphatic carbocycles. The third kappa shape index (κ3) is 14.0. The van der Waals surface area contributed by atoms with Gasteiger partial charge in [0.1, 0.15) is 18.1 Å². The molecule has 41 heavy (non-hydrogen) atoms. The quantitative estimate of drug-likeness (QED) is 0.0310. The summed E-state index contributed by atoms with van der Waals surface area (Å²) >= 11 is 3.97. The number of carboxylic acids is 1. The fourth-order valence-electron chi connectivity index (χ4n) is 3.31. The molecule has 0 aliphatic heterocycles. The first-order valence-electron chi connectivity index (χ1n) is 12.4. The zero-order chi connectivity index (χ0) is 30.9. The Labute approximate surface area is 240 Å². The molecular weight excluding hydrogens is 562 g/mol. The molecule has 1 aromatic rings. The van der Waals surface area contributed by atoms with Gasteiger partial charge in [-0.2, -0.15) is 12.6 Å². The van der Waals surface area contributed by atoms with Crippen LogP contribution in [0.2, 0.25) is 0 Å². The van der Waals surface area contributed by atoms with Crippen LogP contribution in [0.3, 0.4) is 0 Å². The number of carbonyl (C=O) groups is 6. The van der Waals surface area contributed by atoms with Crippen LogP contribution < -0.4 is 44.2 Å². The number of hydrogen-bond acceptors (Lipinski definition) is 10. The van der Waals surface area contributed by atoms with Crippen molar-refractivity contribution in [1.82, 2.24) is 31.2 Å². The van der Waals surface area contributed by atoms with E-state index in [1.807, 2.05) is 0 Å². The second kappa shape index (κ2) is 18.1. The summed E-state index contributed by atoms with van der Waals surface area (Å²) in [6, 6.07) is -4.78. The molecule has 0 fully saturated rings. The van der Waals surface area contributed by atoms with E-state index < -0.39 is 66.2 Å². The Morgan fingerprint density at radius 3 is 2.22 bits per heavy atom. The highest BCUT2D eigenvalue weighted by Gasteiger charge is 2.28. The number of nitrogens with zero attached hydrogens (tertiary/aromatic N) is 2. The van der Waals surface area contributed by atoms with Gasteiger partial charge >= 0.3 is 5.97 Å². The number of hydrogen-bond donors (Lipinski definition) is 11. The van der Waals surface area contributed by atoms with Gasteiger partial charge in [0.2, 0.25) is 29.5 Å². The number of nitrogens with two attached hydrogens (primary N) is 4. The van der Waals surface area contributed by atoms with E-state index in [1.54, 1.807) is 0 Å². The SMILES string of the molecule is NC(=O)CC[C@H](NC(=O)[C@H](CCCN=C(N)N)NC(=O)CNC(=O)[C@H](Cc1cnc[nH]1)NC(=O)[C@@H](N)CS)C(=O)O. The number of H-pyrrole nitrogens is 1. The summed E-state index contributed by atoms with van der Waals surface area (Å²) in [6.07, 6.45) is 2.53. The Morgan fingerprint density at radius 2 is 1.66 bits per heavy atom. The standard InChI is InChI=1S/C22H37N11O7S/c23-12(9-41)18(36)33-15(6-11-7-27-10-30-11)19(37)29-8-17(35)31-13(2-1-5-28-22(25)26)20(38)32-14(21(39)40)3-4-16(24)34/h7,10,12-15,41H,1-6,8-9,23H2,(H2,24,34)(H,27,30)(H,29,37)(H,31,35)(H,32,38)(H,33,36)(H,39,40)(H4,25,26,28)/t12-,13-,14-,15-/m0/s1. The molecule has 0 saturated carbocycles. The van der Waals surface area contributed by atoms with Crippen LogP contribution in [0.25, 0.3) is 0 Å². The van der Waals surface area contributed by atoms with Gasteiger partial charge in [0.15, 0.2) is 5.96 Å². The lowest BCUT2D eigenvalue weighted by Crippen LogP contribution is -2.55. The number of aliphatic imine (C=N–C) groups is 1. The van der Waals surface area contributed by atoms with Crippen molar-refractivity contribution in [1.29, 1.82) is 0 Å². The van der Waals surface area contributed by atoms with Crippen LogP contribution in [-0.4, -0.2) is 99.5 Å². The van der Waals surface area contributed by atoms with Gasteiger partial charge in [-0.1, -0.05) is 0 Å². The lowest BCUT2D eigenvalue weighted by Gasteiger charge is -2.22. The molecule has 0 radical (unpaired) electrons. The van der Waals surface area contributed by atoms with Gasteiger partial charge in [0.25, 0.3) is 0 Å². The van der Waals surface area contributed by atoms with Gasteiger partial charge in [-0.05, 0) is 19.3 Å². The topological polar surface area (TPSA) is 316 Å². The first-order chi connectivity index (χ1) is 19.3. The molecule has 0 saturated heterocycles. The summed E-state index contributed by atoms with van der Waals surface area (Å²) < 4.78 is 0. The highest BCUT2D eigenvalue weighted by molar-refractivity contribution is 7.80. The van der Waals surface area contributed by atoms with Crippen LogP contribution in [0.4, 0.5) is 0 Å². The molecule has 1 heterocycles. The second-order valence-corrected chi connectivity index (χ2v) is 9.19. The summed E-state index contributed by atoms with van der Waals surface area (Å²) in [5.41, 5.74) is 21.8. The maximum atomic E-state index is 12.9. The van der Waals surface area contributed by atoms with Crippen LogP contribution in [0, 0.1) is 0 Å². The fraction of sp³-hybridized carbons (Fsp3) is 0.545. The minimum atomic E-state index is -1.44. The number of guanidine groups is 1. The molecule has 0 spiro atoms. The Morgan fingerprint density at radius 1 is 0.976 bits per heavy atom. The molecule has 0 bridgehead atoms. The summed E-state index contributed by atoms with van der Waals surface area (Å²) in [6.45, 7) is -0.472. The van der Waals surface area contributed by atoms with Gasteiger partial charge in [0, 0.05) is 37.0 Å². The zero-order valence-corrected chi connectivity index (χ0v) is 23.1. The van der Waals surface area contributed by atoms with E-state index in [1.165, 1.54) is 12.5 Å². The minimum Gasteiger partial charge on any atom is -0.480 e. The number of carbonyl (C=O) groups excluding carboxylic acids is 5. The lowest BCUT2D eigenvalue weighted by molar-refractivity contribution is -0.142. The van der Waals surface area contributed by atoms with E-state index in [0.29, 0.717) is 5.69 Å². The Hall–Kier alpha value is -4.39. The largest absolute Gasteiger partial charge is 0.480 e. The molecular formula is C22H37N11O7S. The van der Waals surface area contributed by atoms with Crippen molar-refractivity contribution in [3.8, 4) is 0 Å². The van der Waals surface area contributed by atoms with Crippen molar-refractivity contribution in [2.45, 2.75) is 56.3 Å². The summed E-state index contributed by atoms with van der Waals surface area (Å²) in [5, 5.41) is 18.9. The molecule has 0 aliphatic rings. The zero-order valence-electron chi connectivity index (χ0n) is 22.2. The Kier molecular flexibility index (Phi) is 15.3. The molecule has 14 N–H and O–H groups in total. The molecule has 228 valence electrons. The van der Waals surface area contributed by atoms with E-state index in [4.69, 9.17) is 22.9 Å². The summed E-state index contributed by atoms with van der Waals surface area (Å²) in [5.74, 6) is -5.29. The highest BCUT2D eigenvalue weighted by atomic mass is 32.1. The summed E-state index contributed by atoms with van der Waals surface area (Å²) in [7, 11) is 0. The van der Waals surface area contributed by atoms with Gasteiger partial charge in [-0.25, -0.2) is 9.78 Å². The van der Waals surface area contributed by atoms with Crippen LogP contribution in [-0.2, 0) is 35.2 Å². The van der Waals surface area contributed by atoms with Crippen molar-refractivity contribution in [3.05, 3.63) is 18.2 Å². The molecule has 5 amide bonds. The van der Waals surface area contributed by atoms with E-state index in [9.17, 15) is 33.9 Å². The number of carboxylic acid groups (broad SMARTS) is 1. The number of aromatic amines is 1. The van der Waals surface area contributed by atoms with Crippen molar-refractivity contribution < 1.29 is 33.9 Å².